The summed E-state index contributed by atoms with van der Waals surface area (Å²) in [5.74, 6) is 0. The molecule has 2 N–H and O–H groups in total. The SMILES string of the molecule is Cc1ccc(S(=O)(=O)N(Cc2ccccc2)C2CCN(S(N)(=O)=O)CC2)cc1. The van der Waals surface area contributed by atoms with Crippen LogP contribution in [0.1, 0.15) is 24.0 Å². The predicted molar refractivity (Wildman–Crippen MR) is 108 cm³/mol. The van der Waals surface area contributed by atoms with Crippen LogP contribution in [-0.4, -0.2) is 44.6 Å². The van der Waals surface area contributed by atoms with Crippen molar-refractivity contribution in [2.45, 2.75) is 37.2 Å². The Labute approximate surface area is 167 Å². The number of sulfonamides is 1. The lowest BCUT2D eigenvalue weighted by Gasteiger charge is -2.36. The third-order valence-electron chi connectivity index (χ3n) is 5.00. The molecule has 2 aromatic carbocycles. The number of hydrogen-bond acceptors (Lipinski definition) is 4. The quantitative estimate of drug-likeness (QED) is 0.766. The maximum Gasteiger partial charge on any atom is 0.276 e. The Hall–Kier alpha value is -1.78. The van der Waals surface area contributed by atoms with Crippen molar-refractivity contribution in [3.05, 3.63) is 65.7 Å². The molecule has 0 aliphatic carbocycles. The first-order valence-electron chi connectivity index (χ1n) is 9.08. The summed E-state index contributed by atoms with van der Waals surface area (Å²) in [6.45, 7) is 2.55. The molecule has 152 valence electrons. The summed E-state index contributed by atoms with van der Waals surface area (Å²) in [5, 5.41) is 5.21. The van der Waals surface area contributed by atoms with Gasteiger partial charge < -0.3 is 0 Å². The molecular weight excluding hydrogens is 398 g/mol. The van der Waals surface area contributed by atoms with E-state index in [0.717, 1.165) is 11.1 Å². The molecule has 0 radical (unpaired) electrons. The monoisotopic (exact) mass is 423 g/mol. The van der Waals surface area contributed by atoms with Crippen LogP contribution in [0, 0.1) is 6.92 Å². The fourth-order valence-corrected chi connectivity index (χ4v) is 5.80. The Morgan fingerprint density at radius 1 is 0.964 bits per heavy atom. The van der Waals surface area contributed by atoms with Gasteiger partial charge in [0, 0.05) is 25.7 Å². The van der Waals surface area contributed by atoms with Gasteiger partial charge in [-0.25, -0.2) is 13.6 Å². The van der Waals surface area contributed by atoms with Crippen molar-refractivity contribution in [3.8, 4) is 0 Å². The zero-order chi connectivity index (χ0) is 20.4. The number of piperidine rings is 1. The van der Waals surface area contributed by atoms with Crippen LogP contribution in [0.4, 0.5) is 0 Å². The van der Waals surface area contributed by atoms with Gasteiger partial charge in [-0.3, -0.25) is 0 Å². The Bertz CT molecular complexity index is 999. The summed E-state index contributed by atoms with van der Waals surface area (Å²) >= 11 is 0. The van der Waals surface area contributed by atoms with Crippen LogP contribution in [0.15, 0.2) is 59.5 Å². The summed E-state index contributed by atoms with van der Waals surface area (Å²) in [6.07, 6.45) is 0.794. The molecule has 7 nitrogen and oxygen atoms in total. The molecule has 28 heavy (non-hydrogen) atoms. The third kappa shape index (κ3) is 4.79. The van der Waals surface area contributed by atoms with Gasteiger partial charge in [-0.05, 0) is 37.5 Å². The first kappa shape index (κ1) is 20.9. The van der Waals surface area contributed by atoms with Gasteiger partial charge in [0.1, 0.15) is 0 Å². The normalized spacial score (nSPS) is 17.1. The largest absolute Gasteiger partial charge is 0.276 e. The average Bonchev–Trinajstić information content (AvgIpc) is 2.66. The van der Waals surface area contributed by atoms with Crippen LogP contribution >= 0.6 is 0 Å². The standard InChI is InChI=1S/C19H25N3O4S2/c1-16-7-9-19(10-8-16)27(23,24)22(15-17-5-3-2-4-6-17)18-11-13-21(14-12-18)28(20,25)26/h2-10,18H,11-15H2,1H3,(H2,20,25,26). The molecular formula is C19H25N3O4S2. The van der Waals surface area contributed by atoms with Crippen molar-refractivity contribution in [1.82, 2.24) is 8.61 Å². The van der Waals surface area contributed by atoms with E-state index in [4.69, 9.17) is 5.14 Å². The van der Waals surface area contributed by atoms with Crippen LogP contribution in [0.2, 0.25) is 0 Å². The molecule has 1 fully saturated rings. The van der Waals surface area contributed by atoms with Gasteiger partial charge in [0.25, 0.3) is 10.2 Å². The van der Waals surface area contributed by atoms with Crippen LogP contribution in [0.5, 0.6) is 0 Å². The van der Waals surface area contributed by atoms with E-state index in [0.29, 0.717) is 12.8 Å². The molecule has 1 heterocycles. The molecule has 1 aliphatic rings. The van der Waals surface area contributed by atoms with Crippen molar-refractivity contribution in [2.24, 2.45) is 5.14 Å². The fraction of sp³-hybridized carbons (Fsp3) is 0.368. The molecule has 0 aromatic heterocycles. The Morgan fingerprint density at radius 3 is 2.07 bits per heavy atom. The summed E-state index contributed by atoms with van der Waals surface area (Å²) in [6, 6.07) is 15.9. The van der Waals surface area contributed by atoms with Gasteiger partial charge in [0.2, 0.25) is 10.0 Å². The zero-order valence-electron chi connectivity index (χ0n) is 15.7. The number of rotatable bonds is 6. The van der Waals surface area contributed by atoms with E-state index in [1.807, 2.05) is 37.3 Å². The van der Waals surface area contributed by atoms with Gasteiger partial charge in [-0.1, -0.05) is 48.0 Å². The van der Waals surface area contributed by atoms with E-state index in [1.165, 1.54) is 8.61 Å². The fourth-order valence-electron chi connectivity index (χ4n) is 3.40. The first-order valence-corrected chi connectivity index (χ1v) is 12.0. The summed E-state index contributed by atoms with van der Waals surface area (Å²) < 4.78 is 52.6. The number of nitrogens with zero attached hydrogens (tertiary/aromatic N) is 2. The third-order valence-corrected chi connectivity index (χ3v) is 8.00. The second-order valence-corrected chi connectivity index (χ2v) is 10.5. The van der Waals surface area contributed by atoms with Crippen LogP contribution in [-0.2, 0) is 26.8 Å². The highest BCUT2D eigenvalue weighted by atomic mass is 32.2. The Balaban J connectivity index is 1.91. The Morgan fingerprint density at radius 2 is 1.54 bits per heavy atom. The maximum absolute atomic E-state index is 13.4. The molecule has 1 saturated heterocycles. The predicted octanol–water partition coefficient (Wildman–Crippen LogP) is 1.85. The van der Waals surface area contributed by atoms with Gasteiger partial charge >= 0.3 is 0 Å². The smallest absolute Gasteiger partial charge is 0.216 e. The molecule has 0 bridgehead atoms. The van der Waals surface area contributed by atoms with E-state index in [1.54, 1.807) is 24.3 Å². The summed E-state index contributed by atoms with van der Waals surface area (Å²) in [5.41, 5.74) is 1.86. The number of nitrogens with two attached hydrogens (primary N) is 1. The van der Waals surface area contributed by atoms with Crippen LogP contribution < -0.4 is 5.14 Å². The van der Waals surface area contributed by atoms with Gasteiger partial charge in [0.15, 0.2) is 0 Å². The molecule has 2 aromatic rings. The highest BCUT2D eigenvalue weighted by molar-refractivity contribution is 7.89. The summed E-state index contributed by atoms with van der Waals surface area (Å²) in [4.78, 5) is 0.239. The van der Waals surface area contributed by atoms with Crippen molar-refractivity contribution < 1.29 is 16.8 Å². The van der Waals surface area contributed by atoms with Gasteiger partial charge in [-0.2, -0.15) is 17.0 Å². The molecule has 1 aliphatic heterocycles. The number of hydrogen-bond donors (Lipinski definition) is 1. The van der Waals surface area contributed by atoms with E-state index in [2.05, 4.69) is 0 Å². The van der Waals surface area contributed by atoms with Crippen LogP contribution in [0.3, 0.4) is 0 Å². The lowest BCUT2D eigenvalue weighted by atomic mass is 10.1. The van der Waals surface area contributed by atoms with E-state index in [9.17, 15) is 16.8 Å². The van der Waals surface area contributed by atoms with Crippen molar-refractivity contribution in [3.63, 3.8) is 0 Å². The maximum atomic E-state index is 13.4. The van der Waals surface area contributed by atoms with Crippen LogP contribution in [0.25, 0.3) is 0 Å². The molecule has 9 heteroatoms. The minimum absolute atomic E-state index is 0.207. The molecule has 0 amide bonds. The first-order chi connectivity index (χ1) is 13.2. The van der Waals surface area contributed by atoms with E-state index in [-0.39, 0.29) is 30.6 Å². The molecule has 3 rings (SSSR count). The van der Waals surface area contributed by atoms with E-state index >= 15 is 0 Å². The Kier molecular flexibility index (Phi) is 6.21. The highest BCUT2D eigenvalue weighted by Crippen LogP contribution is 2.27. The highest BCUT2D eigenvalue weighted by Gasteiger charge is 2.35. The van der Waals surface area contributed by atoms with Gasteiger partial charge in [0.05, 0.1) is 4.90 Å². The second kappa shape index (κ2) is 8.30. The topological polar surface area (TPSA) is 101 Å². The second-order valence-electron chi connectivity index (χ2n) is 7.02. The summed E-state index contributed by atoms with van der Waals surface area (Å²) in [7, 11) is -7.50. The van der Waals surface area contributed by atoms with Crippen molar-refractivity contribution >= 4 is 20.2 Å². The van der Waals surface area contributed by atoms with E-state index < -0.39 is 20.2 Å². The number of aryl methyl sites for hydroxylation is 1. The molecule has 0 unspecified atom stereocenters. The zero-order valence-corrected chi connectivity index (χ0v) is 17.4. The lowest BCUT2D eigenvalue weighted by Crippen LogP contribution is -2.49. The minimum Gasteiger partial charge on any atom is -0.216 e. The minimum atomic E-state index is -3.76. The number of benzene rings is 2. The van der Waals surface area contributed by atoms with Crippen molar-refractivity contribution in [1.29, 1.82) is 0 Å². The average molecular weight is 424 g/mol. The van der Waals surface area contributed by atoms with Gasteiger partial charge in [-0.15, -0.1) is 0 Å². The lowest BCUT2D eigenvalue weighted by molar-refractivity contribution is 0.212. The van der Waals surface area contributed by atoms with Crippen molar-refractivity contribution in [2.75, 3.05) is 13.1 Å². The molecule has 0 saturated carbocycles. The molecule has 0 spiro atoms. The molecule has 0 atom stereocenters.